The Bertz CT molecular complexity index is 582. The van der Waals surface area contributed by atoms with Crippen LogP contribution in [0.15, 0.2) is 30.6 Å². The van der Waals surface area contributed by atoms with Crippen molar-refractivity contribution in [3.8, 4) is 17.2 Å². The number of hydrogen-bond acceptors (Lipinski definition) is 4. The number of nitrogens with zero attached hydrogens (tertiary/aromatic N) is 1. The minimum absolute atomic E-state index is 0.677. The fourth-order valence-electron chi connectivity index (χ4n) is 2.30. The van der Waals surface area contributed by atoms with Crippen LogP contribution in [-0.2, 0) is 6.42 Å². The molecule has 2 aromatic rings. The Labute approximate surface area is 119 Å². The molecule has 0 fully saturated rings. The molecule has 2 rings (SSSR count). The van der Waals surface area contributed by atoms with Crippen molar-refractivity contribution >= 4 is 0 Å². The first-order valence-corrected chi connectivity index (χ1v) is 6.38. The van der Waals surface area contributed by atoms with Gasteiger partial charge in [-0.05, 0) is 30.2 Å². The van der Waals surface area contributed by atoms with Crippen molar-refractivity contribution in [1.82, 2.24) is 4.98 Å². The van der Waals surface area contributed by atoms with E-state index in [9.17, 15) is 0 Å². The number of benzene rings is 1. The number of rotatable bonds is 5. The van der Waals surface area contributed by atoms with Gasteiger partial charge in [-0.1, -0.05) is 6.07 Å². The smallest absolute Gasteiger partial charge is 0.168 e. The van der Waals surface area contributed by atoms with Crippen molar-refractivity contribution in [3.05, 3.63) is 47.3 Å². The maximum absolute atomic E-state index is 5.54. The fraction of sp³-hybridized carbons (Fsp3) is 0.312. The van der Waals surface area contributed by atoms with Gasteiger partial charge in [-0.2, -0.15) is 0 Å². The number of methoxy groups -OCH3 is 3. The van der Waals surface area contributed by atoms with Gasteiger partial charge in [0.1, 0.15) is 5.75 Å². The summed E-state index contributed by atoms with van der Waals surface area (Å²) in [7, 11) is 4.95. The largest absolute Gasteiger partial charge is 0.496 e. The van der Waals surface area contributed by atoms with E-state index in [1.54, 1.807) is 27.5 Å². The Balaban J connectivity index is 2.54. The van der Waals surface area contributed by atoms with Crippen LogP contribution in [0.3, 0.4) is 0 Å². The summed E-state index contributed by atoms with van der Waals surface area (Å²) in [5.41, 5.74) is 3.04. The lowest BCUT2D eigenvalue weighted by Crippen LogP contribution is -2.02. The zero-order chi connectivity index (χ0) is 14.5. The van der Waals surface area contributed by atoms with Gasteiger partial charge in [-0.15, -0.1) is 0 Å². The second-order valence-electron chi connectivity index (χ2n) is 4.48. The van der Waals surface area contributed by atoms with Gasteiger partial charge in [-0.3, -0.25) is 4.98 Å². The predicted octanol–water partition coefficient (Wildman–Crippen LogP) is 3.01. The molecule has 1 heterocycles. The maximum atomic E-state index is 5.54. The number of pyridine rings is 1. The molecular weight excluding hydrogens is 254 g/mol. The van der Waals surface area contributed by atoms with Crippen molar-refractivity contribution in [2.24, 2.45) is 0 Å². The molecule has 1 aromatic carbocycles. The highest BCUT2D eigenvalue weighted by Gasteiger charge is 2.18. The van der Waals surface area contributed by atoms with Crippen LogP contribution in [0.1, 0.15) is 16.7 Å². The van der Waals surface area contributed by atoms with Gasteiger partial charge in [0.25, 0.3) is 0 Å². The molecule has 1 aromatic heterocycles. The summed E-state index contributed by atoms with van der Waals surface area (Å²) in [5.74, 6) is 2.25. The Morgan fingerprint density at radius 3 is 2.35 bits per heavy atom. The molecule has 20 heavy (non-hydrogen) atoms. The summed E-state index contributed by atoms with van der Waals surface area (Å²) in [5, 5.41) is 0. The Hall–Kier alpha value is -2.23. The highest BCUT2D eigenvalue weighted by atomic mass is 16.5. The van der Waals surface area contributed by atoms with Gasteiger partial charge in [0.2, 0.25) is 0 Å². The van der Waals surface area contributed by atoms with E-state index >= 15 is 0 Å². The molecular formula is C16H19NO3. The molecule has 0 aliphatic heterocycles. The van der Waals surface area contributed by atoms with Crippen molar-refractivity contribution < 1.29 is 14.2 Å². The van der Waals surface area contributed by atoms with Crippen molar-refractivity contribution in [1.29, 1.82) is 0 Å². The minimum Gasteiger partial charge on any atom is -0.496 e. The summed E-state index contributed by atoms with van der Waals surface area (Å²) in [4.78, 5) is 4.14. The quantitative estimate of drug-likeness (QED) is 0.839. The van der Waals surface area contributed by atoms with Crippen molar-refractivity contribution in [2.75, 3.05) is 21.3 Å². The Morgan fingerprint density at radius 1 is 1.05 bits per heavy atom. The van der Waals surface area contributed by atoms with E-state index in [1.807, 2.05) is 31.3 Å². The summed E-state index contributed by atoms with van der Waals surface area (Å²) in [6.45, 7) is 1.97. The van der Waals surface area contributed by atoms with E-state index in [1.165, 1.54) is 0 Å². The highest BCUT2D eigenvalue weighted by molar-refractivity contribution is 5.59. The molecule has 0 N–H and O–H groups in total. The van der Waals surface area contributed by atoms with Gasteiger partial charge in [0.15, 0.2) is 11.5 Å². The SMILES string of the molecule is COc1cc(C)c(OC)c(OC)c1Cc1cccnc1. The van der Waals surface area contributed by atoms with E-state index in [0.29, 0.717) is 12.2 Å². The molecule has 0 atom stereocenters. The molecule has 0 amide bonds. The van der Waals surface area contributed by atoms with Crippen molar-refractivity contribution in [3.63, 3.8) is 0 Å². The lowest BCUT2D eigenvalue weighted by molar-refractivity contribution is 0.342. The van der Waals surface area contributed by atoms with E-state index in [-0.39, 0.29) is 0 Å². The van der Waals surface area contributed by atoms with Crippen LogP contribution in [0.2, 0.25) is 0 Å². The monoisotopic (exact) mass is 273 g/mol. The van der Waals surface area contributed by atoms with Crippen LogP contribution in [0.4, 0.5) is 0 Å². The average Bonchev–Trinajstić information content (AvgIpc) is 2.49. The summed E-state index contributed by atoms with van der Waals surface area (Å²) >= 11 is 0. The summed E-state index contributed by atoms with van der Waals surface area (Å²) < 4.78 is 16.5. The molecule has 0 aliphatic rings. The highest BCUT2D eigenvalue weighted by Crippen LogP contribution is 2.41. The van der Waals surface area contributed by atoms with Gasteiger partial charge >= 0.3 is 0 Å². The number of hydrogen-bond donors (Lipinski definition) is 0. The summed E-state index contributed by atoms with van der Waals surface area (Å²) in [6, 6.07) is 5.91. The van der Waals surface area contributed by atoms with E-state index in [2.05, 4.69) is 4.98 Å². The lowest BCUT2D eigenvalue weighted by Gasteiger charge is -2.18. The average molecular weight is 273 g/mol. The van der Waals surface area contributed by atoms with Crippen LogP contribution in [0, 0.1) is 6.92 Å². The second kappa shape index (κ2) is 6.28. The first-order valence-electron chi connectivity index (χ1n) is 6.38. The molecule has 0 bridgehead atoms. The van der Waals surface area contributed by atoms with E-state index in [0.717, 1.165) is 28.2 Å². The maximum Gasteiger partial charge on any atom is 0.168 e. The van der Waals surface area contributed by atoms with Gasteiger partial charge in [0, 0.05) is 24.4 Å². The third-order valence-electron chi connectivity index (χ3n) is 3.22. The zero-order valence-corrected chi connectivity index (χ0v) is 12.3. The molecule has 0 aliphatic carbocycles. The first kappa shape index (κ1) is 14.2. The summed E-state index contributed by atoms with van der Waals surface area (Å²) in [6.07, 6.45) is 4.27. The van der Waals surface area contributed by atoms with Crippen LogP contribution in [0.25, 0.3) is 0 Å². The van der Waals surface area contributed by atoms with E-state index < -0.39 is 0 Å². The van der Waals surface area contributed by atoms with Crippen LogP contribution < -0.4 is 14.2 Å². The molecule has 0 saturated carbocycles. The number of ether oxygens (including phenoxy) is 3. The molecule has 0 unspecified atom stereocenters. The Kier molecular flexibility index (Phi) is 4.45. The molecule has 0 radical (unpaired) electrons. The first-order chi connectivity index (χ1) is 9.71. The molecule has 4 heteroatoms. The van der Waals surface area contributed by atoms with Crippen LogP contribution in [0.5, 0.6) is 17.2 Å². The van der Waals surface area contributed by atoms with E-state index in [4.69, 9.17) is 14.2 Å². The van der Waals surface area contributed by atoms with Gasteiger partial charge in [-0.25, -0.2) is 0 Å². The zero-order valence-electron chi connectivity index (χ0n) is 12.3. The van der Waals surface area contributed by atoms with Gasteiger partial charge < -0.3 is 14.2 Å². The standard InChI is InChI=1S/C16H19NO3/c1-11-8-14(18-2)13(16(20-4)15(11)19-3)9-12-6-5-7-17-10-12/h5-8,10H,9H2,1-4H3. The fourth-order valence-corrected chi connectivity index (χ4v) is 2.30. The van der Waals surface area contributed by atoms with Gasteiger partial charge in [0.05, 0.1) is 21.3 Å². The molecule has 0 saturated heterocycles. The van der Waals surface area contributed by atoms with Crippen LogP contribution >= 0.6 is 0 Å². The minimum atomic E-state index is 0.677. The topological polar surface area (TPSA) is 40.6 Å². The lowest BCUT2D eigenvalue weighted by atomic mass is 10.0. The molecule has 4 nitrogen and oxygen atoms in total. The second-order valence-corrected chi connectivity index (χ2v) is 4.48. The van der Waals surface area contributed by atoms with Crippen LogP contribution in [-0.4, -0.2) is 26.3 Å². The third-order valence-corrected chi connectivity index (χ3v) is 3.22. The van der Waals surface area contributed by atoms with Crippen molar-refractivity contribution in [2.45, 2.75) is 13.3 Å². The molecule has 106 valence electrons. The number of aromatic nitrogens is 1. The Morgan fingerprint density at radius 2 is 1.80 bits per heavy atom. The predicted molar refractivity (Wildman–Crippen MR) is 77.9 cm³/mol. The number of aryl methyl sites for hydroxylation is 1. The third kappa shape index (κ3) is 2.69. The molecule has 0 spiro atoms. The normalized spacial score (nSPS) is 10.2.